The molecule has 324 valence electrons. The van der Waals surface area contributed by atoms with Gasteiger partial charge in [0.25, 0.3) is 20.2 Å². The van der Waals surface area contributed by atoms with Gasteiger partial charge in [0.1, 0.15) is 9.79 Å². The third-order valence-electron chi connectivity index (χ3n) is 8.49. The Morgan fingerprint density at radius 1 is 0.484 bits per heavy atom. The Kier molecular flexibility index (Phi) is 15.2. The summed E-state index contributed by atoms with van der Waals surface area (Å²) < 4.78 is 81.5. The van der Waals surface area contributed by atoms with Crippen LogP contribution in [0.5, 0.6) is 0 Å². The molecule has 0 fully saturated rings. The van der Waals surface area contributed by atoms with E-state index < -0.39 is 30.0 Å². The summed E-state index contributed by atoms with van der Waals surface area (Å²) in [4.78, 5) is 25.5. The molecule has 2 heterocycles. The number of hydrogen-bond donors (Lipinski definition) is 8. The van der Waals surface area contributed by atoms with E-state index in [-0.39, 0.29) is 58.2 Å². The van der Waals surface area contributed by atoms with Crippen molar-refractivity contribution in [2.24, 2.45) is 0 Å². The van der Waals surface area contributed by atoms with Gasteiger partial charge in [0.2, 0.25) is 35.7 Å². The SMILES string of the molecule is COCCCNc1nc(Nc2ccccc2)nc(Nc2ccc(C=Cc3ccc(Nc4nc(NCCCOC)nc(Nc5ccccc5)n4)cc3S(=O)(=O)O)c(S(=O)(=O)O)c2)n1. The fraction of sp³-hybridized carbons (Fsp3) is 0.200. The lowest BCUT2D eigenvalue weighted by atomic mass is 10.1. The molecule has 6 rings (SSSR count). The first-order valence-corrected chi connectivity index (χ1v) is 21.8. The molecule has 0 aliphatic rings. The van der Waals surface area contributed by atoms with Crippen molar-refractivity contribution in [3.63, 3.8) is 0 Å². The van der Waals surface area contributed by atoms with Crippen molar-refractivity contribution in [1.82, 2.24) is 29.9 Å². The molecule has 0 bridgehead atoms. The van der Waals surface area contributed by atoms with E-state index in [1.54, 1.807) is 14.2 Å². The van der Waals surface area contributed by atoms with Crippen LogP contribution in [-0.2, 0) is 29.7 Å². The number of benzene rings is 4. The van der Waals surface area contributed by atoms with E-state index in [1.165, 1.54) is 48.6 Å². The smallest absolute Gasteiger partial charge is 0.295 e. The highest BCUT2D eigenvalue weighted by Gasteiger charge is 2.19. The van der Waals surface area contributed by atoms with Gasteiger partial charge < -0.3 is 41.4 Å². The maximum atomic E-state index is 12.7. The summed E-state index contributed by atoms with van der Waals surface area (Å²) in [5, 5.41) is 18.4. The largest absolute Gasteiger partial charge is 0.385 e. The summed E-state index contributed by atoms with van der Waals surface area (Å²) in [6.45, 7) is 2.03. The number of rotatable bonds is 22. The van der Waals surface area contributed by atoms with Crippen molar-refractivity contribution < 1.29 is 35.4 Å². The van der Waals surface area contributed by atoms with Gasteiger partial charge >= 0.3 is 0 Å². The summed E-state index contributed by atoms with van der Waals surface area (Å²) in [6.07, 6.45) is 3.92. The van der Waals surface area contributed by atoms with E-state index in [2.05, 4.69) is 61.8 Å². The van der Waals surface area contributed by atoms with Crippen molar-refractivity contribution in [3.8, 4) is 0 Å². The van der Waals surface area contributed by atoms with Gasteiger partial charge in [-0.25, -0.2) is 0 Å². The Bertz CT molecular complexity index is 2510. The molecule has 0 aliphatic heterocycles. The van der Waals surface area contributed by atoms with Crippen LogP contribution in [-0.4, -0.2) is 96.4 Å². The van der Waals surface area contributed by atoms with Gasteiger partial charge in [-0.05, 0) is 72.5 Å². The molecule has 0 atom stereocenters. The van der Waals surface area contributed by atoms with Crippen LogP contribution in [0.3, 0.4) is 0 Å². The Hall–Kier alpha value is -6.82. The molecule has 0 aliphatic carbocycles. The number of aromatic nitrogens is 6. The van der Waals surface area contributed by atoms with Crippen LogP contribution in [0, 0.1) is 0 Å². The number of ether oxygens (including phenoxy) is 2. The van der Waals surface area contributed by atoms with Gasteiger partial charge in [-0.2, -0.15) is 46.7 Å². The molecule has 0 unspecified atom stereocenters. The molecule has 6 aromatic rings. The first kappa shape index (κ1) is 44.7. The molecule has 0 saturated carbocycles. The van der Waals surface area contributed by atoms with Crippen molar-refractivity contribution >= 4 is 90.8 Å². The average molecular weight is 885 g/mol. The summed E-state index contributed by atoms with van der Waals surface area (Å²) in [6, 6.07) is 26.6. The van der Waals surface area contributed by atoms with Crippen molar-refractivity contribution in [2.75, 3.05) is 72.4 Å². The molecule has 0 saturated heterocycles. The molecule has 0 radical (unpaired) electrons. The van der Waals surface area contributed by atoms with E-state index in [9.17, 15) is 25.9 Å². The summed E-state index contributed by atoms with van der Waals surface area (Å²) >= 11 is 0. The Morgan fingerprint density at radius 3 is 1.16 bits per heavy atom. The molecular formula is C40H44N12O8S2. The second kappa shape index (κ2) is 21.1. The lowest BCUT2D eigenvalue weighted by Gasteiger charge is -2.13. The lowest BCUT2D eigenvalue weighted by Crippen LogP contribution is -2.12. The summed E-state index contributed by atoms with van der Waals surface area (Å²) in [5.74, 6) is 0.967. The summed E-state index contributed by atoms with van der Waals surface area (Å²) in [7, 11) is -6.48. The van der Waals surface area contributed by atoms with Gasteiger partial charge in [-0.15, -0.1) is 0 Å². The monoisotopic (exact) mass is 884 g/mol. The van der Waals surface area contributed by atoms with E-state index in [0.29, 0.717) is 50.5 Å². The van der Waals surface area contributed by atoms with Gasteiger partial charge in [-0.3, -0.25) is 9.11 Å². The predicted octanol–water partition coefficient (Wildman–Crippen LogP) is 6.59. The van der Waals surface area contributed by atoms with Gasteiger partial charge in [0, 0.05) is 63.3 Å². The fourth-order valence-corrected chi connectivity index (χ4v) is 7.07. The normalized spacial score (nSPS) is 11.6. The topological polar surface area (TPSA) is 277 Å². The highest BCUT2D eigenvalue weighted by Crippen LogP contribution is 2.29. The molecular weight excluding hydrogens is 841 g/mol. The zero-order valence-corrected chi connectivity index (χ0v) is 35.1. The minimum Gasteiger partial charge on any atom is -0.385 e. The Morgan fingerprint density at radius 2 is 0.823 bits per heavy atom. The Labute approximate surface area is 358 Å². The molecule has 0 spiro atoms. The quantitative estimate of drug-likeness (QED) is 0.0203. The van der Waals surface area contributed by atoms with Crippen molar-refractivity contribution in [1.29, 1.82) is 0 Å². The lowest BCUT2D eigenvalue weighted by molar-refractivity contribution is 0.197. The molecule has 4 aromatic carbocycles. The van der Waals surface area contributed by atoms with E-state index in [4.69, 9.17) is 9.47 Å². The van der Waals surface area contributed by atoms with Crippen molar-refractivity contribution in [2.45, 2.75) is 22.6 Å². The highest BCUT2D eigenvalue weighted by atomic mass is 32.2. The third kappa shape index (κ3) is 13.3. The molecule has 2 aromatic heterocycles. The molecule has 62 heavy (non-hydrogen) atoms. The zero-order chi connectivity index (χ0) is 44.0. The molecule has 8 N–H and O–H groups in total. The number of hydrogen-bond acceptors (Lipinski definition) is 18. The van der Waals surface area contributed by atoms with E-state index in [0.717, 1.165) is 0 Å². The van der Waals surface area contributed by atoms with Crippen LogP contribution < -0.4 is 31.9 Å². The van der Waals surface area contributed by atoms with E-state index in [1.807, 2.05) is 60.7 Å². The molecule has 20 nitrogen and oxygen atoms in total. The molecule has 22 heteroatoms. The first-order valence-electron chi connectivity index (χ1n) is 18.9. The van der Waals surface area contributed by atoms with Crippen LogP contribution in [0.1, 0.15) is 24.0 Å². The van der Waals surface area contributed by atoms with Crippen LogP contribution in [0.4, 0.5) is 58.4 Å². The van der Waals surface area contributed by atoms with Gasteiger partial charge in [-0.1, -0.05) is 60.7 Å². The molecule has 0 amide bonds. The van der Waals surface area contributed by atoms with Crippen molar-refractivity contribution in [3.05, 3.63) is 108 Å². The number of nitrogens with zero attached hydrogens (tertiary/aromatic N) is 6. The van der Waals surface area contributed by atoms with Crippen LogP contribution in [0.2, 0.25) is 0 Å². The second-order valence-corrected chi connectivity index (χ2v) is 16.0. The number of anilines is 10. The minimum absolute atomic E-state index is 0.00159. The average Bonchev–Trinajstić information content (AvgIpc) is 3.24. The summed E-state index contributed by atoms with van der Waals surface area (Å²) in [5.41, 5.74) is 1.82. The van der Waals surface area contributed by atoms with Crippen LogP contribution >= 0.6 is 0 Å². The van der Waals surface area contributed by atoms with Crippen LogP contribution in [0.15, 0.2) is 107 Å². The van der Waals surface area contributed by atoms with Gasteiger partial charge in [0.15, 0.2) is 0 Å². The first-order chi connectivity index (χ1) is 29.9. The van der Waals surface area contributed by atoms with E-state index >= 15 is 0 Å². The maximum Gasteiger partial charge on any atom is 0.295 e. The fourth-order valence-electron chi connectivity index (χ4n) is 5.65. The highest BCUT2D eigenvalue weighted by molar-refractivity contribution is 7.86. The third-order valence-corrected chi connectivity index (χ3v) is 10.3. The predicted molar refractivity (Wildman–Crippen MR) is 237 cm³/mol. The number of para-hydroxylation sites is 2. The second-order valence-electron chi connectivity index (χ2n) is 13.2. The van der Waals surface area contributed by atoms with Gasteiger partial charge in [0.05, 0.1) is 0 Å². The Balaban J connectivity index is 1.26. The van der Waals surface area contributed by atoms with Crippen LogP contribution in [0.25, 0.3) is 12.2 Å². The number of nitrogens with one attached hydrogen (secondary N) is 6. The minimum atomic E-state index is -4.84. The maximum absolute atomic E-state index is 12.7. The number of methoxy groups -OCH3 is 2. The standard InChI is InChI=1S/C40H44N12O8S2/c1-59-23-9-21-41-35-47-37(43-29-11-5-3-6-12-29)51-39(49-35)45-31-19-17-27(33(25-31)61(53,54)55)15-16-28-18-20-32(26-34(28)62(56,57)58)46-40-50-36(42-22-10-24-60-2)48-38(52-40)44-30-13-7-4-8-14-30/h3-8,11-20,25-26H,9-10,21-24H2,1-2H3,(H,53,54,55)(H,56,57,58)(H3,41,43,45,47,49,51)(H3,42,44,46,48,50,52). The zero-order valence-electron chi connectivity index (χ0n) is 33.5.